The Morgan fingerprint density at radius 3 is 2.67 bits per heavy atom. The lowest BCUT2D eigenvalue weighted by Crippen LogP contribution is -2.56. The first kappa shape index (κ1) is 22.5. The molecular formula is C24H25ClN2O5S. The summed E-state index contributed by atoms with van der Waals surface area (Å²) in [6.45, 7) is 2.13. The Morgan fingerprint density at radius 2 is 1.97 bits per heavy atom. The maximum absolute atomic E-state index is 14.1. The van der Waals surface area contributed by atoms with E-state index in [1.54, 1.807) is 35.2 Å². The van der Waals surface area contributed by atoms with Crippen molar-refractivity contribution in [2.24, 2.45) is 11.8 Å². The van der Waals surface area contributed by atoms with Gasteiger partial charge in [-0.3, -0.25) is 14.4 Å². The molecular weight excluding hydrogens is 464 g/mol. The monoisotopic (exact) mass is 488 g/mol. The fraction of sp³-hybridized carbons (Fsp3) is 0.458. The number of benzene rings is 1. The van der Waals surface area contributed by atoms with Gasteiger partial charge in [0.1, 0.15) is 12.6 Å². The van der Waals surface area contributed by atoms with Crippen molar-refractivity contribution in [3.63, 3.8) is 0 Å². The molecule has 1 aromatic carbocycles. The number of anilines is 1. The molecule has 5 rings (SSSR count). The van der Waals surface area contributed by atoms with Gasteiger partial charge in [-0.25, -0.2) is 0 Å². The van der Waals surface area contributed by atoms with Crippen LogP contribution in [0.15, 0.2) is 48.6 Å². The van der Waals surface area contributed by atoms with Crippen molar-refractivity contribution in [1.29, 1.82) is 0 Å². The summed E-state index contributed by atoms with van der Waals surface area (Å²) in [7, 11) is 0. The summed E-state index contributed by atoms with van der Waals surface area (Å²) in [6.07, 6.45) is 8.06. The Hall–Kier alpha value is -2.29. The maximum atomic E-state index is 14.1. The summed E-state index contributed by atoms with van der Waals surface area (Å²) in [5.74, 6) is -2.33. The molecule has 1 unspecified atom stereocenters. The van der Waals surface area contributed by atoms with Crippen molar-refractivity contribution in [1.82, 2.24) is 4.90 Å². The van der Waals surface area contributed by atoms with Crippen LogP contribution in [0.5, 0.6) is 0 Å². The number of aliphatic hydroxyl groups is 1. The first-order chi connectivity index (χ1) is 15.9. The molecule has 2 fully saturated rings. The maximum Gasteiger partial charge on any atom is 0.311 e. The topological polar surface area (TPSA) is 87.2 Å². The fourth-order valence-corrected chi connectivity index (χ4v) is 7.68. The second kappa shape index (κ2) is 8.49. The molecule has 2 amide bonds. The summed E-state index contributed by atoms with van der Waals surface area (Å²) in [5, 5.41) is 10.4. The molecule has 4 heterocycles. The van der Waals surface area contributed by atoms with Gasteiger partial charge in [0.05, 0.1) is 29.2 Å². The molecule has 0 bridgehead atoms. The van der Waals surface area contributed by atoms with Crippen LogP contribution in [0, 0.1) is 11.8 Å². The summed E-state index contributed by atoms with van der Waals surface area (Å²) < 4.78 is 4.44. The highest BCUT2D eigenvalue weighted by atomic mass is 35.5. The number of esters is 1. The third-order valence-corrected chi connectivity index (χ3v) is 9.06. The first-order valence-electron chi connectivity index (χ1n) is 11.1. The van der Waals surface area contributed by atoms with E-state index in [1.165, 1.54) is 16.7 Å². The summed E-state index contributed by atoms with van der Waals surface area (Å²) in [6, 6.07) is 5.63. The number of likely N-dealkylation sites (tertiary alicyclic amines) is 1. The molecule has 0 saturated carbocycles. The van der Waals surface area contributed by atoms with Crippen molar-refractivity contribution in [2.75, 3.05) is 24.7 Å². The quantitative estimate of drug-likeness (QED) is 0.517. The minimum Gasteiger partial charge on any atom is -0.461 e. The average Bonchev–Trinajstić information content (AvgIpc) is 3.11. The molecule has 6 atom stereocenters. The van der Waals surface area contributed by atoms with E-state index < -0.39 is 34.6 Å². The van der Waals surface area contributed by atoms with E-state index in [2.05, 4.69) is 0 Å². The van der Waals surface area contributed by atoms with E-state index in [0.717, 1.165) is 0 Å². The van der Waals surface area contributed by atoms with Crippen LogP contribution >= 0.6 is 23.4 Å². The van der Waals surface area contributed by atoms with Crippen LogP contribution < -0.4 is 4.90 Å². The SMILES string of the molecule is CC[C@@H](CO)N1C(=O)[C@@H]2[C@@H]3C(=O)OCC=C[C@@H]3S[C@@]23C=CCN(c2ccc(Cl)cc2)C(=O)C13. The number of amides is 2. The smallest absolute Gasteiger partial charge is 0.311 e. The molecule has 0 aliphatic carbocycles. The lowest BCUT2D eigenvalue weighted by Gasteiger charge is -2.38. The standard InChI is InChI=1S/C24H25ClN2O5S/c1-2-15(13-28)27-20-22(30)26(16-8-6-14(25)7-9-16)11-4-10-24(20)19(21(27)29)18-17(33-24)5-3-12-32-23(18)31/h3-10,15,17-20,28H,2,11-13H2,1H3/t15-,17-,18+,19-,20?,24-/m0/s1. The van der Waals surface area contributed by atoms with Crippen molar-refractivity contribution < 1.29 is 24.2 Å². The number of nitrogens with zero attached hydrogens (tertiary/aromatic N) is 2. The van der Waals surface area contributed by atoms with Gasteiger partial charge in [0.15, 0.2) is 0 Å². The van der Waals surface area contributed by atoms with E-state index in [-0.39, 0.29) is 30.3 Å². The van der Waals surface area contributed by atoms with Crippen LogP contribution in [0.25, 0.3) is 0 Å². The Morgan fingerprint density at radius 1 is 1.21 bits per heavy atom. The van der Waals surface area contributed by atoms with Crippen molar-refractivity contribution in [2.45, 2.75) is 35.4 Å². The van der Waals surface area contributed by atoms with Crippen LogP contribution in [-0.2, 0) is 19.1 Å². The molecule has 33 heavy (non-hydrogen) atoms. The van der Waals surface area contributed by atoms with Crippen LogP contribution in [0.3, 0.4) is 0 Å². The molecule has 0 radical (unpaired) electrons. The van der Waals surface area contributed by atoms with E-state index >= 15 is 0 Å². The predicted molar refractivity (Wildman–Crippen MR) is 126 cm³/mol. The lowest BCUT2D eigenvalue weighted by molar-refractivity contribution is -0.152. The number of aliphatic hydroxyl groups excluding tert-OH is 1. The minimum absolute atomic E-state index is 0.181. The number of ether oxygens (including phenoxy) is 1. The van der Waals surface area contributed by atoms with Crippen molar-refractivity contribution in [3.8, 4) is 0 Å². The predicted octanol–water partition coefficient (Wildman–Crippen LogP) is 2.42. The van der Waals surface area contributed by atoms with Crippen molar-refractivity contribution >= 4 is 46.8 Å². The van der Waals surface area contributed by atoms with Crippen LogP contribution in [0.2, 0.25) is 5.02 Å². The van der Waals surface area contributed by atoms with Gasteiger partial charge in [0, 0.05) is 22.5 Å². The molecule has 2 saturated heterocycles. The highest BCUT2D eigenvalue weighted by Gasteiger charge is 2.71. The second-order valence-electron chi connectivity index (χ2n) is 8.72. The number of fused-ring (bicyclic) bond motifs is 2. The largest absolute Gasteiger partial charge is 0.461 e. The molecule has 4 aliphatic rings. The molecule has 1 N–H and O–H groups in total. The number of halogens is 1. The number of carbonyl (C=O) groups excluding carboxylic acids is 3. The highest BCUT2D eigenvalue weighted by molar-refractivity contribution is 8.02. The zero-order chi connectivity index (χ0) is 23.3. The molecule has 9 heteroatoms. The van der Waals surface area contributed by atoms with Crippen LogP contribution in [-0.4, -0.2) is 69.6 Å². The third-order valence-electron chi connectivity index (χ3n) is 7.07. The Bertz CT molecular complexity index is 1040. The second-order valence-corrected chi connectivity index (χ2v) is 10.6. The Labute approximate surface area is 201 Å². The normalized spacial score (nSPS) is 33.8. The van der Waals surface area contributed by atoms with Crippen LogP contribution in [0.1, 0.15) is 13.3 Å². The first-order valence-corrected chi connectivity index (χ1v) is 12.4. The van der Waals surface area contributed by atoms with Gasteiger partial charge >= 0.3 is 5.97 Å². The number of cyclic esters (lactones) is 1. The summed E-state index contributed by atoms with van der Waals surface area (Å²) >= 11 is 7.54. The zero-order valence-electron chi connectivity index (χ0n) is 18.1. The fourth-order valence-electron chi connectivity index (χ4n) is 5.57. The van der Waals surface area contributed by atoms with E-state index in [4.69, 9.17) is 16.3 Å². The van der Waals surface area contributed by atoms with Gasteiger partial charge in [-0.15, -0.1) is 11.8 Å². The molecule has 7 nitrogen and oxygen atoms in total. The minimum atomic E-state index is -0.923. The van der Waals surface area contributed by atoms with Gasteiger partial charge < -0.3 is 19.6 Å². The summed E-state index contributed by atoms with van der Waals surface area (Å²) in [4.78, 5) is 44.1. The number of rotatable bonds is 4. The molecule has 0 aromatic heterocycles. The summed E-state index contributed by atoms with van der Waals surface area (Å²) in [5.41, 5.74) is 0.676. The third kappa shape index (κ3) is 3.33. The van der Waals surface area contributed by atoms with E-state index in [9.17, 15) is 19.5 Å². The molecule has 4 aliphatic heterocycles. The molecule has 174 valence electrons. The van der Waals surface area contributed by atoms with Gasteiger partial charge in [0.25, 0.3) is 5.91 Å². The van der Waals surface area contributed by atoms with E-state index in [0.29, 0.717) is 23.7 Å². The van der Waals surface area contributed by atoms with Crippen molar-refractivity contribution in [3.05, 3.63) is 53.6 Å². The number of hydrogen-bond acceptors (Lipinski definition) is 6. The number of carbonyl (C=O) groups is 3. The number of hydrogen-bond donors (Lipinski definition) is 1. The zero-order valence-corrected chi connectivity index (χ0v) is 19.7. The number of thioether (sulfide) groups is 1. The average molecular weight is 489 g/mol. The van der Waals surface area contributed by atoms with Gasteiger partial charge in [-0.1, -0.05) is 42.8 Å². The van der Waals surface area contributed by atoms with E-state index in [1.807, 2.05) is 25.2 Å². The highest BCUT2D eigenvalue weighted by Crippen LogP contribution is 2.61. The van der Waals surface area contributed by atoms with Crippen LogP contribution in [0.4, 0.5) is 5.69 Å². The lowest BCUT2D eigenvalue weighted by atomic mass is 9.78. The Kier molecular flexibility index (Phi) is 5.79. The molecule has 1 spiro atoms. The van der Waals surface area contributed by atoms with Gasteiger partial charge in [-0.2, -0.15) is 0 Å². The molecule has 1 aromatic rings. The van der Waals surface area contributed by atoms with Gasteiger partial charge in [-0.05, 0) is 30.7 Å². The van der Waals surface area contributed by atoms with Gasteiger partial charge in [0.2, 0.25) is 5.91 Å². The Balaban J connectivity index is 1.65.